The van der Waals surface area contributed by atoms with Crippen molar-refractivity contribution in [2.45, 2.75) is 12.3 Å². The fraction of sp³-hybridized carbons (Fsp3) is 0.194. The van der Waals surface area contributed by atoms with Crippen molar-refractivity contribution in [2.75, 3.05) is 26.3 Å². The summed E-state index contributed by atoms with van der Waals surface area (Å²) in [7, 11) is 0. The molecule has 40 heavy (non-hydrogen) atoms. The summed E-state index contributed by atoms with van der Waals surface area (Å²) in [5.74, 6) is -1.89. The molecule has 3 N–H and O–H groups in total. The normalized spacial score (nSPS) is 14.4. The van der Waals surface area contributed by atoms with Crippen LogP contribution in [0.1, 0.15) is 23.5 Å². The molecule has 1 aliphatic rings. The lowest BCUT2D eigenvalue weighted by atomic mass is 9.86. The number of aromatic amines is 1. The molecule has 1 atom stereocenters. The number of fused-ring (bicyclic) bond motifs is 2. The predicted octanol–water partition coefficient (Wildman–Crippen LogP) is 4.09. The maximum atomic E-state index is 13.5. The summed E-state index contributed by atoms with van der Waals surface area (Å²) < 4.78 is 11.6. The van der Waals surface area contributed by atoms with Gasteiger partial charge in [0.05, 0.1) is 13.2 Å². The Balaban J connectivity index is 1.61. The minimum absolute atomic E-state index is 0.0741. The van der Waals surface area contributed by atoms with Crippen LogP contribution in [-0.4, -0.2) is 52.3 Å². The molecule has 3 heterocycles. The van der Waals surface area contributed by atoms with E-state index >= 15 is 0 Å². The number of morpholine rings is 1. The lowest BCUT2D eigenvalue weighted by Crippen LogP contribution is -2.41. The van der Waals surface area contributed by atoms with E-state index in [1.165, 1.54) is 6.07 Å². The molecule has 202 valence electrons. The molecular formula is C31H26N2O7. The number of carbonyl (C=O) groups is 1. The molecule has 9 heteroatoms. The number of H-pyrrole nitrogens is 1. The van der Waals surface area contributed by atoms with E-state index in [9.17, 15) is 24.6 Å². The predicted molar refractivity (Wildman–Crippen MR) is 150 cm³/mol. The van der Waals surface area contributed by atoms with Crippen LogP contribution in [0.5, 0.6) is 11.5 Å². The highest BCUT2D eigenvalue weighted by atomic mass is 16.5. The van der Waals surface area contributed by atoms with E-state index in [4.69, 9.17) is 9.15 Å². The van der Waals surface area contributed by atoms with Gasteiger partial charge in [-0.05, 0) is 17.5 Å². The highest BCUT2D eigenvalue weighted by Gasteiger charge is 2.31. The molecule has 0 bridgehead atoms. The monoisotopic (exact) mass is 538 g/mol. The molecule has 0 radical (unpaired) electrons. The van der Waals surface area contributed by atoms with Gasteiger partial charge in [0.25, 0.3) is 5.56 Å². The second kappa shape index (κ2) is 10.3. The van der Waals surface area contributed by atoms with Crippen LogP contribution in [0.3, 0.4) is 0 Å². The van der Waals surface area contributed by atoms with E-state index in [1.807, 2.05) is 18.2 Å². The van der Waals surface area contributed by atoms with Gasteiger partial charge >= 0.3 is 0 Å². The molecule has 6 rings (SSSR count). The smallest absolute Gasteiger partial charge is 0.252 e. The van der Waals surface area contributed by atoms with Crippen molar-refractivity contribution in [2.24, 2.45) is 0 Å². The summed E-state index contributed by atoms with van der Waals surface area (Å²) in [6.45, 7) is 1.59. The van der Waals surface area contributed by atoms with E-state index in [0.29, 0.717) is 37.4 Å². The first-order valence-electron chi connectivity index (χ1n) is 13.0. The second-order valence-corrected chi connectivity index (χ2v) is 9.76. The Morgan fingerprint density at radius 2 is 1.65 bits per heavy atom. The molecule has 0 aliphatic carbocycles. The molecule has 1 aliphatic heterocycles. The Morgan fingerprint density at radius 3 is 2.42 bits per heavy atom. The third-order valence-electron chi connectivity index (χ3n) is 7.30. The molecule has 0 saturated carbocycles. The van der Waals surface area contributed by atoms with E-state index in [2.05, 4.69) is 4.98 Å². The Kier molecular flexibility index (Phi) is 6.57. The van der Waals surface area contributed by atoms with Gasteiger partial charge in [-0.2, -0.15) is 0 Å². The Bertz CT molecular complexity index is 1850. The quantitative estimate of drug-likeness (QED) is 0.307. The molecule has 0 unspecified atom stereocenters. The number of pyridine rings is 1. The number of aromatic nitrogens is 1. The minimum atomic E-state index is -0.999. The van der Waals surface area contributed by atoms with Gasteiger partial charge in [0.15, 0.2) is 5.43 Å². The lowest BCUT2D eigenvalue weighted by Gasteiger charge is -2.29. The second-order valence-electron chi connectivity index (χ2n) is 9.76. The van der Waals surface area contributed by atoms with Crippen LogP contribution in [-0.2, 0) is 9.53 Å². The number of carbonyl (C=O) groups excluding carboxylic acids is 1. The van der Waals surface area contributed by atoms with Crippen LogP contribution in [0.2, 0.25) is 0 Å². The number of benzene rings is 3. The Morgan fingerprint density at radius 1 is 0.925 bits per heavy atom. The molecule has 2 aromatic heterocycles. The average molecular weight is 539 g/mol. The summed E-state index contributed by atoms with van der Waals surface area (Å²) in [6.07, 6.45) is -0.186. The van der Waals surface area contributed by atoms with Crippen molar-refractivity contribution >= 4 is 27.8 Å². The van der Waals surface area contributed by atoms with Crippen LogP contribution in [0.25, 0.3) is 33.2 Å². The number of phenols is 2. The number of ether oxygens (including phenoxy) is 1. The molecule has 5 aromatic rings. The summed E-state index contributed by atoms with van der Waals surface area (Å²) >= 11 is 0. The number of amides is 1. The van der Waals surface area contributed by atoms with Gasteiger partial charge < -0.3 is 29.3 Å². The topological polar surface area (TPSA) is 133 Å². The van der Waals surface area contributed by atoms with Gasteiger partial charge in [0.2, 0.25) is 5.91 Å². The molecular weight excluding hydrogens is 512 g/mol. The zero-order chi connectivity index (χ0) is 27.8. The molecule has 1 fully saturated rings. The molecule has 1 amide bonds. The fourth-order valence-corrected chi connectivity index (χ4v) is 5.31. The number of aromatic hydroxyl groups is 2. The molecule has 1 saturated heterocycles. The number of para-hydroxylation sites is 1. The van der Waals surface area contributed by atoms with Crippen molar-refractivity contribution in [3.63, 3.8) is 0 Å². The first-order chi connectivity index (χ1) is 19.4. The average Bonchev–Trinajstić information content (AvgIpc) is 2.96. The molecule has 9 nitrogen and oxygen atoms in total. The summed E-state index contributed by atoms with van der Waals surface area (Å²) in [4.78, 5) is 44.8. The fourth-order valence-electron chi connectivity index (χ4n) is 5.31. The van der Waals surface area contributed by atoms with Crippen molar-refractivity contribution in [3.8, 4) is 22.8 Å². The summed E-state index contributed by atoms with van der Waals surface area (Å²) in [5, 5.41) is 22.5. The number of hydrogen-bond acceptors (Lipinski definition) is 7. The number of rotatable bonds is 5. The number of nitrogens with zero attached hydrogens (tertiary/aromatic N) is 1. The third-order valence-corrected chi connectivity index (χ3v) is 7.30. The van der Waals surface area contributed by atoms with Crippen LogP contribution < -0.4 is 11.0 Å². The van der Waals surface area contributed by atoms with Crippen molar-refractivity contribution in [1.82, 2.24) is 9.88 Å². The first-order valence-corrected chi connectivity index (χ1v) is 13.0. The third kappa shape index (κ3) is 4.60. The summed E-state index contributed by atoms with van der Waals surface area (Å²) in [5.41, 5.74) is 0.466. The standard InChI is InChI=1S/C31H26N2O7/c34-23-16-24(35)29-25(36)17-26(18-6-2-1-3-7-18)40-30(29)28(23)20(15-27(37)33-10-12-39-13-11-33)21-14-19-8-4-5-9-22(19)32-31(21)38/h1-9,14,16-17,20,34-35H,10-13,15H2,(H,32,38)/t20-/m0/s1. The van der Waals surface area contributed by atoms with E-state index in [-0.39, 0.29) is 40.2 Å². The van der Waals surface area contributed by atoms with Gasteiger partial charge in [-0.3, -0.25) is 14.4 Å². The maximum absolute atomic E-state index is 13.5. The highest BCUT2D eigenvalue weighted by molar-refractivity contribution is 5.91. The lowest BCUT2D eigenvalue weighted by molar-refractivity contribution is -0.135. The minimum Gasteiger partial charge on any atom is -0.507 e. The van der Waals surface area contributed by atoms with Crippen molar-refractivity contribution < 1.29 is 24.2 Å². The first kappa shape index (κ1) is 25.4. The van der Waals surface area contributed by atoms with Crippen LogP contribution >= 0.6 is 0 Å². The van der Waals surface area contributed by atoms with Crippen molar-refractivity contribution in [1.29, 1.82) is 0 Å². The van der Waals surface area contributed by atoms with Crippen LogP contribution in [0.15, 0.2) is 86.8 Å². The highest BCUT2D eigenvalue weighted by Crippen LogP contribution is 2.42. The van der Waals surface area contributed by atoms with E-state index in [1.54, 1.807) is 47.4 Å². The SMILES string of the molecule is O=C(C[C@@H](c1cc2ccccc2[nH]c1=O)c1c(O)cc(O)c2c(=O)cc(-c3ccccc3)oc12)N1CCOCC1. The maximum Gasteiger partial charge on any atom is 0.252 e. The summed E-state index contributed by atoms with van der Waals surface area (Å²) in [6, 6.07) is 20.2. The Hall–Kier alpha value is -4.89. The zero-order valence-electron chi connectivity index (χ0n) is 21.4. The molecule has 3 aromatic carbocycles. The number of phenolic OH excluding ortho intramolecular Hbond substituents is 2. The van der Waals surface area contributed by atoms with Gasteiger partial charge in [-0.25, -0.2) is 0 Å². The van der Waals surface area contributed by atoms with Crippen molar-refractivity contribution in [3.05, 3.63) is 105 Å². The largest absolute Gasteiger partial charge is 0.507 e. The zero-order valence-corrected chi connectivity index (χ0v) is 21.4. The van der Waals surface area contributed by atoms with Gasteiger partial charge in [0, 0.05) is 59.8 Å². The van der Waals surface area contributed by atoms with Crippen LogP contribution in [0, 0.1) is 0 Å². The van der Waals surface area contributed by atoms with E-state index in [0.717, 1.165) is 11.5 Å². The van der Waals surface area contributed by atoms with Crippen LogP contribution in [0.4, 0.5) is 0 Å². The molecule has 0 spiro atoms. The van der Waals surface area contributed by atoms with E-state index < -0.39 is 28.4 Å². The number of hydrogen-bond donors (Lipinski definition) is 3. The van der Waals surface area contributed by atoms with Gasteiger partial charge in [0.1, 0.15) is 28.2 Å². The Labute approximate surface area is 227 Å². The van der Waals surface area contributed by atoms with Gasteiger partial charge in [-0.1, -0.05) is 48.5 Å². The van der Waals surface area contributed by atoms with Gasteiger partial charge in [-0.15, -0.1) is 0 Å². The number of nitrogens with one attached hydrogen (secondary N) is 1.